The van der Waals surface area contributed by atoms with E-state index in [-0.39, 0.29) is 51.8 Å². The molecule has 0 heterocycles. The predicted molar refractivity (Wildman–Crippen MR) is 222 cm³/mol. The first-order valence-electron chi connectivity index (χ1n) is 21.6. The van der Waals surface area contributed by atoms with E-state index in [0.717, 1.165) is 75.6 Å². The Morgan fingerprint density at radius 2 is 1.57 bits per heavy atom. The number of aliphatic hydroxyl groups excluding tert-OH is 1. The number of carbonyl (C=O) groups excluding carboxylic acids is 2. The van der Waals surface area contributed by atoms with E-state index in [1.165, 1.54) is 5.57 Å². The van der Waals surface area contributed by atoms with E-state index < -0.39 is 29.4 Å². The number of carboxylic acids is 1. The summed E-state index contributed by atoms with van der Waals surface area (Å²) in [6.07, 6.45) is 7.22. The summed E-state index contributed by atoms with van der Waals surface area (Å²) in [4.78, 5) is 43.3. The van der Waals surface area contributed by atoms with E-state index in [1.54, 1.807) is 6.92 Å². The van der Waals surface area contributed by atoms with Crippen LogP contribution in [0.5, 0.6) is 0 Å². The molecule has 10 atom stereocenters. The first-order chi connectivity index (χ1) is 26.1. The number of fused-ring (bicyclic) bond motifs is 7. The molecule has 6 rings (SSSR count). The van der Waals surface area contributed by atoms with Gasteiger partial charge < -0.3 is 19.8 Å². The molecule has 0 radical (unpaired) electrons. The summed E-state index contributed by atoms with van der Waals surface area (Å²) in [5, 5.41) is 22.8. The van der Waals surface area contributed by atoms with Gasteiger partial charge in [-0.2, -0.15) is 0 Å². The van der Waals surface area contributed by atoms with E-state index in [0.29, 0.717) is 36.4 Å². The van der Waals surface area contributed by atoms with Gasteiger partial charge in [0.15, 0.2) is 5.78 Å². The van der Waals surface area contributed by atoms with Crippen LogP contribution in [0.1, 0.15) is 125 Å². The summed E-state index contributed by atoms with van der Waals surface area (Å²) in [6.45, 7) is 21.0. The second kappa shape index (κ2) is 15.7. The number of rotatable bonds is 13. The third-order valence-corrected chi connectivity index (χ3v) is 17.1. The number of hydrogen-bond donors (Lipinski definition) is 2. The number of ketones is 1. The van der Waals surface area contributed by atoms with Crippen molar-refractivity contribution in [2.75, 3.05) is 33.7 Å². The lowest BCUT2D eigenvalue weighted by molar-refractivity contribution is -0.235. The SMILES string of the molecule is CC(C)C1=C2[C@H]3CC[C@@H]4[C@@]5(C)CC[C@H](OC(=O)C[C@H](C)C(=O)O)C(C)(C)[C@@H]5CC[C@@]4(C)[C@]3(C)CC[C@@]2([C@@H](O)CN(CCN(C)C)Cc2ccc(Cl)cc2)CC1=O. The molecule has 1 aromatic carbocycles. The van der Waals surface area contributed by atoms with Crippen LogP contribution in [-0.2, 0) is 25.7 Å². The largest absolute Gasteiger partial charge is 0.481 e. The molecule has 5 aliphatic rings. The number of carbonyl (C=O) groups is 3. The Hall–Kier alpha value is -2.26. The topological polar surface area (TPSA) is 107 Å². The molecule has 0 saturated heterocycles. The molecule has 4 fully saturated rings. The van der Waals surface area contributed by atoms with Gasteiger partial charge in [-0.05, 0) is 129 Å². The average Bonchev–Trinajstić information content (AvgIpc) is 3.43. The van der Waals surface area contributed by atoms with Gasteiger partial charge in [0.2, 0.25) is 0 Å². The minimum atomic E-state index is -0.975. The van der Waals surface area contributed by atoms with Crippen molar-refractivity contribution in [3.05, 3.63) is 46.0 Å². The quantitative estimate of drug-likeness (QED) is 0.191. The van der Waals surface area contributed by atoms with E-state index in [4.69, 9.17) is 16.3 Å². The first kappa shape index (κ1) is 43.3. The average molecular weight is 796 g/mol. The van der Waals surface area contributed by atoms with Crippen molar-refractivity contribution in [1.29, 1.82) is 0 Å². The van der Waals surface area contributed by atoms with Crippen LogP contribution in [0.25, 0.3) is 0 Å². The zero-order valence-electron chi connectivity index (χ0n) is 36.1. The standard InChI is InChI=1S/C47H71ClN2O6/c1-29(2)40-34(51)26-47(37(52)28-50(24-23-49(9)10)27-31-11-13-32(48)14-12-31)22-21-45(7)33(41(40)47)15-16-36-44(6)19-18-38(56-39(53)25-30(3)42(54)55)43(4,5)35(44)17-20-46(36,45)8/h11-14,29-30,33,35-38,52H,15-28H2,1-10H3,(H,54,55)/t30-,33+,35-,36+,37-,38-,44-,45+,46+,47-/m0/s1. The number of halogens is 1. The molecule has 0 bridgehead atoms. The summed E-state index contributed by atoms with van der Waals surface area (Å²) in [7, 11) is 4.17. The summed E-state index contributed by atoms with van der Waals surface area (Å²) in [5.74, 6) is -0.714. The summed E-state index contributed by atoms with van der Waals surface area (Å²) in [5.41, 5.74) is 2.75. The number of nitrogens with zero attached hydrogens (tertiary/aromatic N) is 2. The molecule has 0 unspecified atom stereocenters. The number of aliphatic hydroxyl groups is 1. The number of hydrogen-bond acceptors (Lipinski definition) is 7. The van der Waals surface area contributed by atoms with Crippen LogP contribution in [0.3, 0.4) is 0 Å². The molecule has 4 saturated carbocycles. The summed E-state index contributed by atoms with van der Waals surface area (Å²) < 4.78 is 6.13. The fraction of sp³-hybridized carbons (Fsp3) is 0.766. The van der Waals surface area contributed by atoms with E-state index >= 15 is 0 Å². The Kier molecular flexibility index (Phi) is 12.2. The van der Waals surface area contributed by atoms with Crippen molar-refractivity contribution in [3.63, 3.8) is 0 Å². The van der Waals surface area contributed by atoms with Gasteiger partial charge in [0.05, 0.1) is 18.4 Å². The van der Waals surface area contributed by atoms with Gasteiger partial charge in [0.1, 0.15) is 6.10 Å². The lowest BCUT2D eigenvalue weighted by Gasteiger charge is -2.72. The van der Waals surface area contributed by atoms with Crippen LogP contribution in [-0.4, -0.2) is 83.7 Å². The van der Waals surface area contributed by atoms with Gasteiger partial charge in [-0.15, -0.1) is 0 Å². The Morgan fingerprint density at radius 3 is 2.20 bits per heavy atom. The molecular weight excluding hydrogens is 724 g/mol. The molecule has 0 amide bonds. The molecule has 9 heteroatoms. The fourth-order valence-corrected chi connectivity index (χ4v) is 13.8. The Bertz CT molecular complexity index is 1690. The number of likely N-dealkylation sites (N-methyl/N-ethyl adjacent to an activating group) is 1. The van der Waals surface area contributed by atoms with Gasteiger partial charge >= 0.3 is 11.9 Å². The van der Waals surface area contributed by atoms with Crippen molar-refractivity contribution in [2.24, 2.45) is 56.7 Å². The first-order valence-corrected chi connectivity index (χ1v) is 22.0. The number of ether oxygens (including phenoxy) is 1. The van der Waals surface area contributed by atoms with Crippen molar-refractivity contribution >= 4 is 29.3 Å². The molecule has 312 valence electrons. The van der Waals surface area contributed by atoms with Crippen LogP contribution in [0.15, 0.2) is 35.4 Å². The summed E-state index contributed by atoms with van der Waals surface area (Å²) >= 11 is 6.24. The summed E-state index contributed by atoms with van der Waals surface area (Å²) in [6, 6.07) is 8.00. The molecule has 1 aromatic rings. The van der Waals surface area contributed by atoms with Crippen LogP contribution in [0, 0.1) is 56.7 Å². The van der Waals surface area contributed by atoms with Gasteiger partial charge in [-0.1, -0.05) is 84.7 Å². The van der Waals surface area contributed by atoms with E-state index in [9.17, 15) is 24.6 Å². The highest BCUT2D eigenvalue weighted by atomic mass is 35.5. The third kappa shape index (κ3) is 7.34. The molecule has 0 aromatic heterocycles. The molecule has 0 aliphatic heterocycles. The lowest BCUT2D eigenvalue weighted by atomic mass is 9.33. The molecule has 56 heavy (non-hydrogen) atoms. The zero-order valence-corrected chi connectivity index (χ0v) is 36.8. The van der Waals surface area contributed by atoms with Gasteiger partial charge in [-0.3, -0.25) is 19.3 Å². The highest BCUT2D eigenvalue weighted by molar-refractivity contribution is 6.30. The van der Waals surface area contributed by atoms with E-state index in [2.05, 4.69) is 84.5 Å². The van der Waals surface area contributed by atoms with Crippen LogP contribution in [0.2, 0.25) is 5.02 Å². The van der Waals surface area contributed by atoms with Gasteiger partial charge in [-0.25, -0.2) is 0 Å². The molecular formula is C47H71ClN2O6. The third-order valence-electron chi connectivity index (χ3n) is 16.8. The normalized spacial score (nSPS) is 36.2. The predicted octanol–water partition coefficient (Wildman–Crippen LogP) is 9.07. The minimum absolute atomic E-state index is 0.0262. The molecule has 0 spiro atoms. The number of allylic oxidation sites excluding steroid dienone is 1. The molecule has 2 N–H and O–H groups in total. The van der Waals surface area contributed by atoms with Gasteiger partial charge in [0, 0.05) is 48.5 Å². The van der Waals surface area contributed by atoms with Crippen molar-refractivity contribution in [3.8, 4) is 0 Å². The van der Waals surface area contributed by atoms with Crippen LogP contribution in [0.4, 0.5) is 0 Å². The van der Waals surface area contributed by atoms with Crippen molar-refractivity contribution < 1.29 is 29.3 Å². The van der Waals surface area contributed by atoms with Crippen LogP contribution >= 0.6 is 11.6 Å². The number of carboxylic acid groups (broad SMARTS) is 1. The maximum Gasteiger partial charge on any atom is 0.306 e. The smallest absolute Gasteiger partial charge is 0.306 e. The van der Waals surface area contributed by atoms with Crippen LogP contribution < -0.4 is 0 Å². The van der Waals surface area contributed by atoms with Crippen molar-refractivity contribution in [2.45, 2.75) is 138 Å². The molecule has 8 nitrogen and oxygen atoms in total. The number of benzene rings is 1. The Balaban J connectivity index is 1.29. The van der Waals surface area contributed by atoms with Crippen molar-refractivity contribution in [1.82, 2.24) is 9.80 Å². The minimum Gasteiger partial charge on any atom is -0.481 e. The highest BCUT2D eigenvalue weighted by Crippen LogP contribution is 2.77. The number of Topliss-reactive ketones (excluding diaryl/α,β-unsaturated/α-hetero) is 1. The monoisotopic (exact) mass is 795 g/mol. The Labute approximate surface area is 342 Å². The Morgan fingerprint density at radius 1 is 0.893 bits per heavy atom. The molecule has 5 aliphatic carbocycles. The number of aliphatic carboxylic acids is 1. The fourth-order valence-electron chi connectivity index (χ4n) is 13.7. The number of esters is 1. The maximum atomic E-state index is 14.3. The van der Waals surface area contributed by atoms with E-state index in [1.807, 2.05) is 12.1 Å². The second-order valence-corrected chi connectivity index (χ2v) is 21.3. The lowest BCUT2D eigenvalue weighted by Crippen LogP contribution is -2.66. The zero-order chi connectivity index (χ0) is 41.2. The highest BCUT2D eigenvalue weighted by Gasteiger charge is 2.70. The van der Waals surface area contributed by atoms with Gasteiger partial charge in [0.25, 0.3) is 0 Å². The second-order valence-electron chi connectivity index (χ2n) is 20.8. The maximum absolute atomic E-state index is 14.3.